The van der Waals surface area contributed by atoms with E-state index in [9.17, 15) is 0 Å². The highest BCUT2D eigenvalue weighted by Gasteiger charge is 2.21. The lowest BCUT2D eigenvalue weighted by Crippen LogP contribution is -2.34. The Morgan fingerprint density at radius 3 is 2.57 bits per heavy atom. The maximum atomic E-state index is 6.04. The molecule has 0 bridgehead atoms. The third-order valence-corrected chi connectivity index (χ3v) is 4.90. The number of benzene rings is 1. The molecule has 1 aliphatic heterocycles. The zero-order chi connectivity index (χ0) is 14.7. The van der Waals surface area contributed by atoms with Gasteiger partial charge in [-0.3, -0.25) is 0 Å². The third-order valence-electron chi connectivity index (χ3n) is 4.61. The zero-order valence-electron chi connectivity index (χ0n) is 12.7. The van der Waals surface area contributed by atoms with Crippen molar-refractivity contribution in [3.05, 3.63) is 36.0 Å². The van der Waals surface area contributed by atoms with Crippen LogP contribution in [-0.4, -0.2) is 18.1 Å². The smallest absolute Gasteiger partial charge is 0.136 e. The molecule has 0 saturated carbocycles. The van der Waals surface area contributed by atoms with Crippen LogP contribution < -0.4 is 4.90 Å². The number of hydrogen-bond donors (Lipinski definition) is 0. The summed E-state index contributed by atoms with van der Waals surface area (Å²) in [5, 5.41) is 2.48. The Bertz CT molecular complexity index is 603. The molecule has 112 valence electrons. The number of rotatable bonds is 4. The Morgan fingerprint density at radius 1 is 1.19 bits per heavy atom. The van der Waals surface area contributed by atoms with Crippen molar-refractivity contribution in [2.24, 2.45) is 5.92 Å². The molecule has 0 unspecified atom stereocenters. The van der Waals surface area contributed by atoms with Gasteiger partial charge < -0.3 is 4.90 Å². The van der Waals surface area contributed by atoms with E-state index in [4.69, 9.17) is 16.6 Å². The minimum atomic E-state index is 0.520. The molecule has 1 aromatic heterocycles. The molecule has 2 nitrogen and oxygen atoms in total. The number of aromatic nitrogens is 1. The van der Waals surface area contributed by atoms with Gasteiger partial charge in [0.2, 0.25) is 0 Å². The fraction of sp³-hybridized carbons (Fsp3) is 0.500. The minimum Gasteiger partial charge on any atom is -0.356 e. The monoisotopic (exact) mass is 302 g/mol. The predicted octanol–water partition coefficient (Wildman–Crippen LogP) is 4.99. The van der Waals surface area contributed by atoms with Crippen LogP contribution in [0.2, 0.25) is 0 Å². The summed E-state index contributed by atoms with van der Waals surface area (Å²) in [6, 6.07) is 8.50. The Labute approximate surface area is 132 Å². The predicted molar refractivity (Wildman–Crippen MR) is 91.1 cm³/mol. The van der Waals surface area contributed by atoms with Crippen molar-refractivity contribution < 1.29 is 0 Å². The summed E-state index contributed by atoms with van der Waals surface area (Å²) in [5.41, 5.74) is 1.12. The summed E-state index contributed by atoms with van der Waals surface area (Å²) < 4.78 is 0. The molecule has 0 amide bonds. The van der Waals surface area contributed by atoms with Crippen LogP contribution in [0.15, 0.2) is 30.5 Å². The lowest BCUT2D eigenvalue weighted by Gasteiger charge is -2.33. The minimum absolute atomic E-state index is 0.520. The van der Waals surface area contributed by atoms with Crippen LogP contribution in [0.3, 0.4) is 0 Å². The van der Waals surface area contributed by atoms with E-state index in [1.807, 2.05) is 6.20 Å². The second-order valence-electron chi connectivity index (χ2n) is 6.01. The van der Waals surface area contributed by atoms with Crippen molar-refractivity contribution in [1.82, 2.24) is 4.98 Å². The van der Waals surface area contributed by atoms with Crippen LogP contribution in [0.25, 0.3) is 10.8 Å². The summed E-state index contributed by atoms with van der Waals surface area (Å²) in [6.45, 7) is 4.54. The Morgan fingerprint density at radius 2 is 1.90 bits per heavy atom. The molecule has 0 atom stereocenters. The molecule has 0 aliphatic carbocycles. The van der Waals surface area contributed by atoms with Crippen molar-refractivity contribution in [2.75, 3.05) is 18.0 Å². The summed E-state index contributed by atoms with van der Waals surface area (Å²) >= 11 is 6.04. The summed E-state index contributed by atoms with van der Waals surface area (Å²) in [7, 11) is 0. The van der Waals surface area contributed by atoms with Crippen molar-refractivity contribution >= 4 is 28.2 Å². The number of alkyl halides is 1. The molecule has 2 heterocycles. The van der Waals surface area contributed by atoms with Gasteiger partial charge in [-0.25, -0.2) is 4.98 Å². The summed E-state index contributed by atoms with van der Waals surface area (Å²) in [4.78, 5) is 7.16. The molecule has 3 rings (SSSR count). The standard InChI is InChI=1S/C18H23ClN2/c1-2-5-14-8-10-21(11-9-14)18-17-7-4-3-6-16(17)15(12-19)13-20-18/h3-4,6-7,13-14H,2,5,8-12H2,1H3. The second kappa shape index (κ2) is 6.65. The van der Waals surface area contributed by atoms with E-state index in [-0.39, 0.29) is 0 Å². The van der Waals surface area contributed by atoms with Crippen molar-refractivity contribution in [3.63, 3.8) is 0 Å². The van der Waals surface area contributed by atoms with Gasteiger partial charge in [0.15, 0.2) is 0 Å². The fourth-order valence-corrected chi connectivity index (χ4v) is 3.65. The lowest BCUT2D eigenvalue weighted by molar-refractivity contribution is 0.377. The normalized spacial score (nSPS) is 16.6. The summed E-state index contributed by atoms with van der Waals surface area (Å²) in [6.07, 6.45) is 7.20. The number of pyridine rings is 1. The molecule has 0 N–H and O–H groups in total. The molecule has 3 heteroatoms. The van der Waals surface area contributed by atoms with Gasteiger partial charge in [-0.1, -0.05) is 44.0 Å². The van der Waals surface area contributed by atoms with E-state index in [1.165, 1.54) is 36.5 Å². The zero-order valence-corrected chi connectivity index (χ0v) is 13.4. The van der Waals surface area contributed by atoms with Gasteiger partial charge in [0.05, 0.1) is 0 Å². The van der Waals surface area contributed by atoms with Crippen molar-refractivity contribution in [3.8, 4) is 0 Å². The van der Waals surface area contributed by atoms with Crippen LogP contribution >= 0.6 is 11.6 Å². The van der Waals surface area contributed by atoms with Crippen molar-refractivity contribution in [1.29, 1.82) is 0 Å². The SMILES string of the molecule is CCCC1CCN(c2ncc(CCl)c3ccccc23)CC1. The van der Waals surface area contributed by atoms with Crippen molar-refractivity contribution in [2.45, 2.75) is 38.5 Å². The molecular weight excluding hydrogens is 280 g/mol. The largest absolute Gasteiger partial charge is 0.356 e. The first-order valence-corrected chi connectivity index (χ1v) is 8.54. The molecule has 2 aromatic rings. The van der Waals surface area contributed by atoms with E-state index in [2.05, 4.69) is 36.1 Å². The van der Waals surface area contributed by atoms with Gasteiger partial charge in [0, 0.05) is 30.6 Å². The fourth-order valence-electron chi connectivity index (χ4n) is 3.44. The molecule has 1 aromatic carbocycles. The molecule has 1 saturated heterocycles. The highest BCUT2D eigenvalue weighted by atomic mass is 35.5. The first kappa shape index (κ1) is 14.6. The molecule has 21 heavy (non-hydrogen) atoms. The first-order chi connectivity index (χ1) is 10.3. The number of piperidine rings is 1. The topological polar surface area (TPSA) is 16.1 Å². The average Bonchev–Trinajstić information content (AvgIpc) is 2.55. The summed E-state index contributed by atoms with van der Waals surface area (Å²) in [5.74, 6) is 2.56. The van der Waals surface area contributed by atoms with E-state index in [0.29, 0.717) is 5.88 Å². The Hall–Kier alpha value is -1.28. The number of anilines is 1. The van der Waals surface area contributed by atoms with Crippen LogP contribution in [0.1, 0.15) is 38.2 Å². The van der Waals surface area contributed by atoms with Gasteiger partial charge >= 0.3 is 0 Å². The number of fused-ring (bicyclic) bond motifs is 1. The van der Waals surface area contributed by atoms with Gasteiger partial charge in [0.1, 0.15) is 5.82 Å². The van der Waals surface area contributed by atoms with Crippen LogP contribution in [-0.2, 0) is 5.88 Å². The lowest BCUT2D eigenvalue weighted by atomic mass is 9.92. The number of nitrogens with zero attached hydrogens (tertiary/aromatic N) is 2. The highest BCUT2D eigenvalue weighted by molar-refractivity contribution is 6.18. The highest BCUT2D eigenvalue weighted by Crippen LogP contribution is 2.31. The maximum absolute atomic E-state index is 6.04. The van der Waals surface area contributed by atoms with E-state index < -0.39 is 0 Å². The molecule has 1 aliphatic rings. The quantitative estimate of drug-likeness (QED) is 0.740. The van der Waals surface area contributed by atoms with E-state index in [1.54, 1.807) is 0 Å². The number of hydrogen-bond acceptors (Lipinski definition) is 2. The van der Waals surface area contributed by atoms with Gasteiger partial charge in [-0.15, -0.1) is 11.6 Å². The molecule has 0 spiro atoms. The van der Waals surface area contributed by atoms with Gasteiger partial charge in [-0.05, 0) is 29.7 Å². The number of halogens is 1. The average molecular weight is 303 g/mol. The van der Waals surface area contributed by atoms with Crippen LogP contribution in [0, 0.1) is 5.92 Å². The van der Waals surface area contributed by atoms with Gasteiger partial charge in [0.25, 0.3) is 0 Å². The first-order valence-electron chi connectivity index (χ1n) is 8.01. The van der Waals surface area contributed by atoms with E-state index >= 15 is 0 Å². The maximum Gasteiger partial charge on any atom is 0.136 e. The van der Waals surface area contributed by atoms with Crippen LogP contribution in [0.5, 0.6) is 0 Å². The Balaban J connectivity index is 1.88. The third kappa shape index (κ3) is 3.01. The molecule has 0 radical (unpaired) electrons. The second-order valence-corrected chi connectivity index (χ2v) is 6.27. The van der Waals surface area contributed by atoms with Gasteiger partial charge in [-0.2, -0.15) is 0 Å². The molecular formula is C18H23ClN2. The van der Waals surface area contributed by atoms with E-state index in [0.717, 1.165) is 30.4 Å². The van der Waals surface area contributed by atoms with Crippen LogP contribution in [0.4, 0.5) is 5.82 Å². The Kier molecular flexibility index (Phi) is 4.64. The molecule has 1 fully saturated rings.